The first kappa shape index (κ1) is 25.8. The number of Topliss-reactive ketones (excluding diaryl/α,β-unsaturated/α-hetero) is 1. The van der Waals surface area contributed by atoms with Crippen LogP contribution in [0, 0.1) is 11.8 Å². The van der Waals surface area contributed by atoms with E-state index in [-0.39, 0.29) is 35.7 Å². The molecule has 0 spiro atoms. The van der Waals surface area contributed by atoms with Gasteiger partial charge in [0.25, 0.3) is 0 Å². The predicted octanol–water partition coefficient (Wildman–Crippen LogP) is 1.55. The molecule has 0 radical (unpaired) electrons. The molecule has 35 heavy (non-hydrogen) atoms. The average Bonchev–Trinajstić information content (AvgIpc) is 3.37. The Kier molecular flexibility index (Phi) is 8.92. The van der Waals surface area contributed by atoms with Crippen LogP contribution >= 0.6 is 0 Å². The molecule has 1 aliphatic carbocycles. The van der Waals surface area contributed by atoms with Crippen molar-refractivity contribution < 1.29 is 14.4 Å². The Balaban J connectivity index is 1.53. The van der Waals surface area contributed by atoms with Gasteiger partial charge in [0.2, 0.25) is 11.8 Å². The van der Waals surface area contributed by atoms with Crippen molar-refractivity contribution in [2.75, 3.05) is 20.1 Å². The van der Waals surface area contributed by atoms with Crippen molar-refractivity contribution in [1.29, 1.82) is 0 Å². The SMILES string of the molecule is CN[C@@H](C)C(=O)N[C@H](C(=O)C1N[C@H]2CCCN2C[C@H]1C(=O)NCc1ccccc1)C1CCCCC1. The molecule has 8 nitrogen and oxygen atoms in total. The molecular formula is C27H41N5O3. The fourth-order valence-electron chi connectivity index (χ4n) is 5.84. The van der Waals surface area contributed by atoms with E-state index in [1.807, 2.05) is 30.3 Å². The minimum atomic E-state index is -0.609. The van der Waals surface area contributed by atoms with Crippen LogP contribution in [-0.2, 0) is 20.9 Å². The summed E-state index contributed by atoms with van der Waals surface area (Å²) in [7, 11) is 1.74. The van der Waals surface area contributed by atoms with Gasteiger partial charge in [0, 0.05) is 13.1 Å². The normalized spacial score (nSPS) is 27.0. The highest BCUT2D eigenvalue weighted by molar-refractivity contribution is 5.97. The lowest BCUT2D eigenvalue weighted by Crippen LogP contribution is -2.67. The summed E-state index contributed by atoms with van der Waals surface area (Å²) in [5.74, 6) is -0.701. The molecule has 192 valence electrons. The maximum absolute atomic E-state index is 14.1. The number of rotatable bonds is 9. The monoisotopic (exact) mass is 483 g/mol. The number of likely N-dealkylation sites (N-methyl/N-ethyl adjacent to an activating group) is 1. The van der Waals surface area contributed by atoms with Gasteiger partial charge in [-0.3, -0.25) is 24.6 Å². The fraction of sp³-hybridized carbons (Fsp3) is 0.667. The van der Waals surface area contributed by atoms with E-state index in [9.17, 15) is 14.4 Å². The van der Waals surface area contributed by atoms with E-state index in [0.717, 1.165) is 50.6 Å². The Bertz CT molecular complexity index is 873. The van der Waals surface area contributed by atoms with Crippen molar-refractivity contribution in [2.45, 2.75) is 82.7 Å². The summed E-state index contributed by atoms with van der Waals surface area (Å²) in [6.07, 6.45) is 7.31. The number of benzene rings is 1. The zero-order chi connectivity index (χ0) is 24.8. The van der Waals surface area contributed by atoms with Crippen molar-refractivity contribution >= 4 is 17.6 Å². The molecule has 2 amide bonds. The van der Waals surface area contributed by atoms with E-state index in [1.54, 1.807) is 14.0 Å². The molecule has 4 rings (SSSR count). The summed E-state index contributed by atoms with van der Waals surface area (Å²) < 4.78 is 0. The first-order valence-corrected chi connectivity index (χ1v) is 13.3. The lowest BCUT2D eigenvalue weighted by atomic mass is 9.78. The highest BCUT2D eigenvalue weighted by Crippen LogP contribution is 2.31. The fourth-order valence-corrected chi connectivity index (χ4v) is 5.84. The summed E-state index contributed by atoms with van der Waals surface area (Å²) in [5, 5.41) is 12.6. The Morgan fingerprint density at radius 3 is 2.51 bits per heavy atom. The number of fused-ring (bicyclic) bond motifs is 1. The van der Waals surface area contributed by atoms with E-state index < -0.39 is 18.0 Å². The van der Waals surface area contributed by atoms with Gasteiger partial charge in [-0.2, -0.15) is 0 Å². The van der Waals surface area contributed by atoms with Gasteiger partial charge in [0.1, 0.15) is 0 Å². The molecule has 0 aromatic heterocycles. The van der Waals surface area contributed by atoms with Crippen LogP contribution in [0.4, 0.5) is 0 Å². The summed E-state index contributed by atoms with van der Waals surface area (Å²) in [6.45, 7) is 3.73. The van der Waals surface area contributed by atoms with Crippen molar-refractivity contribution in [2.24, 2.45) is 11.8 Å². The van der Waals surface area contributed by atoms with E-state index in [4.69, 9.17) is 0 Å². The molecular weight excluding hydrogens is 442 g/mol. The minimum Gasteiger partial charge on any atom is -0.352 e. The predicted molar refractivity (Wildman–Crippen MR) is 135 cm³/mol. The topological polar surface area (TPSA) is 103 Å². The Morgan fingerprint density at radius 2 is 1.80 bits per heavy atom. The van der Waals surface area contributed by atoms with E-state index in [1.165, 1.54) is 6.42 Å². The quantitative estimate of drug-likeness (QED) is 0.425. The highest BCUT2D eigenvalue weighted by atomic mass is 16.2. The molecule has 1 aromatic carbocycles. The number of nitrogens with zero attached hydrogens (tertiary/aromatic N) is 1. The second kappa shape index (κ2) is 12.1. The maximum atomic E-state index is 14.1. The smallest absolute Gasteiger partial charge is 0.237 e. The lowest BCUT2D eigenvalue weighted by molar-refractivity contribution is -0.138. The van der Waals surface area contributed by atoms with Gasteiger partial charge in [-0.15, -0.1) is 0 Å². The second-order valence-electron chi connectivity index (χ2n) is 10.4. The first-order chi connectivity index (χ1) is 17.0. The van der Waals surface area contributed by atoms with Crippen LogP contribution in [0.2, 0.25) is 0 Å². The molecule has 1 saturated carbocycles. The number of carbonyl (C=O) groups is 3. The van der Waals surface area contributed by atoms with Gasteiger partial charge in [-0.05, 0) is 57.7 Å². The molecule has 1 aromatic rings. The van der Waals surface area contributed by atoms with Crippen LogP contribution in [-0.4, -0.2) is 66.9 Å². The van der Waals surface area contributed by atoms with E-state index >= 15 is 0 Å². The maximum Gasteiger partial charge on any atom is 0.237 e. The Hall–Kier alpha value is -2.29. The molecule has 3 aliphatic rings. The van der Waals surface area contributed by atoms with Crippen molar-refractivity contribution in [3.63, 3.8) is 0 Å². The second-order valence-corrected chi connectivity index (χ2v) is 10.4. The summed E-state index contributed by atoms with van der Waals surface area (Å²) >= 11 is 0. The van der Waals surface area contributed by atoms with Crippen molar-refractivity contribution in [3.8, 4) is 0 Å². The van der Waals surface area contributed by atoms with Crippen LogP contribution < -0.4 is 21.3 Å². The van der Waals surface area contributed by atoms with E-state index in [2.05, 4.69) is 26.2 Å². The minimum absolute atomic E-state index is 0.0417. The van der Waals surface area contributed by atoms with E-state index in [0.29, 0.717) is 13.1 Å². The zero-order valence-corrected chi connectivity index (χ0v) is 21.1. The summed E-state index contributed by atoms with van der Waals surface area (Å²) in [4.78, 5) is 42.7. The lowest BCUT2D eigenvalue weighted by Gasteiger charge is -2.42. The molecule has 2 saturated heterocycles. The zero-order valence-electron chi connectivity index (χ0n) is 21.1. The van der Waals surface area contributed by atoms with Crippen LogP contribution in [0.5, 0.6) is 0 Å². The van der Waals surface area contributed by atoms with Crippen LogP contribution in [0.25, 0.3) is 0 Å². The third-order valence-electron chi connectivity index (χ3n) is 8.07. The molecule has 1 unspecified atom stereocenters. The third-order valence-corrected chi connectivity index (χ3v) is 8.07. The molecule has 0 bridgehead atoms. The van der Waals surface area contributed by atoms with Crippen molar-refractivity contribution in [1.82, 2.24) is 26.2 Å². The standard InChI is InChI=1S/C27H41N5O3/c1-18(28-2)26(34)31-23(20-12-7-4-8-13-20)25(33)24-21(17-32-15-9-14-22(32)30-24)27(35)29-16-19-10-5-3-6-11-19/h3,5-6,10-11,18,20-24,28,30H,4,7-9,12-17H2,1-2H3,(H,29,35)(H,31,34)/t18-,21+,22+,23-,24?/m0/s1. The number of hydrogen-bond acceptors (Lipinski definition) is 6. The van der Waals surface area contributed by atoms with Crippen LogP contribution in [0.15, 0.2) is 30.3 Å². The van der Waals surface area contributed by atoms with Gasteiger partial charge in [-0.1, -0.05) is 49.6 Å². The number of amides is 2. The van der Waals surface area contributed by atoms with Gasteiger partial charge in [-0.25, -0.2) is 0 Å². The number of hydrogen-bond donors (Lipinski definition) is 4. The van der Waals surface area contributed by atoms with Gasteiger partial charge < -0.3 is 16.0 Å². The average molecular weight is 484 g/mol. The summed E-state index contributed by atoms with van der Waals surface area (Å²) in [6, 6.07) is 8.25. The molecule has 5 atom stereocenters. The van der Waals surface area contributed by atoms with Crippen LogP contribution in [0.1, 0.15) is 57.4 Å². The van der Waals surface area contributed by atoms with Gasteiger partial charge >= 0.3 is 0 Å². The first-order valence-electron chi connectivity index (χ1n) is 13.3. The number of carbonyl (C=O) groups excluding carboxylic acids is 3. The van der Waals surface area contributed by atoms with Gasteiger partial charge in [0.05, 0.1) is 30.2 Å². The molecule has 2 heterocycles. The Morgan fingerprint density at radius 1 is 1.06 bits per heavy atom. The highest BCUT2D eigenvalue weighted by Gasteiger charge is 2.47. The van der Waals surface area contributed by atoms with Crippen molar-refractivity contribution in [3.05, 3.63) is 35.9 Å². The summed E-state index contributed by atoms with van der Waals surface area (Å²) in [5.41, 5.74) is 1.03. The number of nitrogens with one attached hydrogen (secondary N) is 4. The molecule has 3 fully saturated rings. The van der Waals surface area contributed by atoms with Gasteiger partial charge in [0.15, 0.2) is 5.78 Å². The molecule has 8 heteroatoms. The molecule has 2 aliphatic heterocycles. The molecule has 4 N–H and O–H groups in total. The number of ketones is 1. The Labute approximate surface area is 209 Å². The third kappa shape index (κ3) is 6.29. The van der Waals surface area contributed by atoms with Crippen LogP contribution in [0.3, 0.4) is 0 Å². The largest absolute Gasteiger partial charge is 0.352 e.